The lowest BCUT2D eigenvalue weighted by molar-refractivity contribution is -0.250. The lowest BCUT2D eigenvalue weighted by Gasteiger charge is -2.36. The number of aliphatic hydroxyl groups is 1. The fourth-order valence-electron chi connectivity index (χ4n) is 3.29. The molecule has 1 amide bonds. The first kappa shape index (κ1) is 19.3. The number of carbonyl (C=O) groups is 1. The third-order valence-corrected chi connectivity index (χ3v) is 4.83. The number of dihydropyridines is 1. The first-order chi connectivity index (χ1) is 12.6. The minimum atomic E-state index is -5.04. The molecule has 3 rings (SSSR count). The molecule has 2 atom stereocenters. The van der Waals surface area contributed by atoms with Gasteiger partial charge in [-0.25, -0.2) is 4.68 Å². The first-order valence-corrected chi connectivity index (χ1v) is 8.40. The van der Waals surface area contributed by atoms with Crippen molar-refractivity contribution in [1.29, 1.82) is 0 Å². The highest BCUT2D eigenvalue weighted by Gasteiger charge is 2.57. The number of hydrogen-bond donors (Lipinski definition) is 2. The van der Waals surface area contributed by atoms with Crippen LogP contribution in [0.4, 0.5) is 13.2 Å². The van der Waals surface area contributed by atoms with Crippen molar-refractivity contribution >= 4 is 11.6 Å². The standard InChI is InChI=1S/C17H21F3N4O3/c1-10-8-23(15(25)16(2,26)17(18,19)20)9-11-6-22-24(14(10)11)12-4-5-13(27-3)21-7-12/h4-6,10,21,26H,7-9H2,1-3H3/t10-,16-/m1/s1. The summed E-state index contributed by atoms with van der Waals surface area (Å²) in [4.78, 5) is 13.3. The van der Waals surface area contributed by atoms with E-state index in [0.29, 0.717) is 24.9 Å². The van der Waals surface area contributed by atoms with Crippen LogP contribution in [0.2, 0.25) is 0 Å². The van der Waals surface area contributed by atoms with Crippen molar-refractivity contribution in [2.24, 2.45) is 0 Å². The van der Waals surface area contributed by atoms with Crippen molar-refractivity contribution in [2.75, 3.05) is 20.2 Å². The molecular weight excluding hydrogens is 365 g/mol. The monoisotopic (exact) mass is 386 g/mol. The van der Waals surface area contributed by atoms with Crippen molar-refractivity contribution in [3.63, 3.8) is 0 Å². The van der Waals surface area contributed by atoms with E-state index in [1.54, 1.807) is 24.1 Å². The van der Waals surface area contributed by atoms with Gasteiger partial charge in [-0.1, -0.05) is 6.92 Å². The lowest BCUT2D eigenvalue weighted by Crippen LogP contribution is -2.57. The Morgan fingerprint density at radius 3 is 2.67 bits per heavy atom. The highest BCUT2D eigenvalue weighted by atomic mass is 19.4. The van der Waals surface area contributed by atoms with Gasteiger partial charge < -0.3 is 20.1 Å². The Hall–Kier alpha value is -2.49. The van der Waals surface area contributed by atoms with E-state index in [4.69, 9.17) is 4.74 Å². The molecule has 10 heteroatoms. The number of halogens is 3. The molecule has 0 saturated heterocycles. The summed E-state index contributed by atoms with van der Waals surface area (Å²) in [5.74, 6) is -0.983. The Kier molecular flexibility index (Phi) is 4.71. The Morgan fingerprint density at radius 2 is 2.11 bits per heavy atom. The Balaban J connectivity index is 1.87. The molecule has 0 aliphatic carbocycles. The smallest absolute Gasteiger partial charge is 0.426 e. The van der Waals surface area contributed by atoms with Crippen molar-refractivity contribution in [2.45, 2.75) is 38.1 Å². The minimum Gasteiger partial charge on any atom is -0.483 e. The van der Waals surface area contributed by atoms with Crippen LogP contribution in [0.1, 0.15) is 31.0 Å². The number of aromatic nitrogens is 2. The van der Waals surface area contributed by atoms with E-state index in [0.717, 1.165) is 16.3 Å². The van der Waals surface area contributed by atoms with Crippen LogP contribution in [0, 0.1) is 0 Å². The second-order valence-corrected chi connectivity index (χ2v) is 6.87. The van der Waals surface area contributed by atoms with Crippen LogP contribution in [-0.2, 0) is 16.1 Å². The SMILES string of the molecule is COC1=CC=C(n2ncc3c2[C@H](C)CN(C(=O)[C@@](C)(O)C(F)(F)F)C3)CN1. The second-order valence-electron chi connectivity index (χ2n) is 6.87. The summed E-state index contributed by atoms with van der Waals surface area (Å²) in [6.45, 7) is 2.79. The van der Waals surface area contributed by atoms with E-state index >= 15 is 0 Å². The first-order valence-electron chi connectivity index (χ1n) is 8.40. The molecule has 27 heavy (non-hydrogen) atoms. The number of nitrogens with zero attached hydrogens (tertiary/aromatic N) is 3. The molecule has 0 spiro atoms. The van der Waals surface area contributed by atoms with Gasteiger partial charge in [-0.05, 0) is 19.1 Å². The molecule has 0 saturated carbocycles. The van der Waals surface area contributed by atoms with Crippen LogP contribution < -0.4 is 5.32 Å². The molecule has 148 valence electrons. The van der Waals surface area contributed by atoms with Gasteiger partial charge in [-0.3, -0.25) is 4.79 Å². The van der Waals surface area contributed by atoms with Crippen molar-refractivity contribution < 1.29 is 27.8 Å². The fourth-order valence-corrected chi connectivity index (χ4v) is 3.29. The number of methoxy groups -OCH3 is 1. The molecule has 1 aromatic rings. The number of carbonyl (C=O) groups excluding carboxylic acids is 1. The maximum Gasteiger partial charge on any atom is 0.426 e. The van der Waals surface area contributed by atoms with Gasteiger partial charge in [-0.15, -0.1) is 0 Å². The van der Waals surface area contributed by atoms with Gasteiger partial charge >= 0.3 is 6.18 Å². The highest BCUT2D eigenvalue weighted by Crippen LogP contribution is 2.35. The van der Waals surface area contributed by atoms with Gasteiger partial charge in [0.05, 0.1) is 31.2 Å². The second kappa shape index (κ2) is 6.59. The number of rotatable bonds is 3. The number of hydrogen-bond acceptors (Lipinski definition) is 5. The molecule has 3 heterocycles. The Morgan fingerprint density at radius 1 is 1.41 bits per heavy atom. The topological polar surface area (TPSA) is 79.6 Å². The highest BCUT2D eigenvalue weighted by molar-refractivity contribution is 5.85. The van der Waals surface area contributed by atoms with Gasteiger partial charge in [0.25, 0.3) is 5.91 Å². The third kappa shape index (κ3) is 3.29. The van der Waals surface area contributed by atoms with E-state index in [2.05, 4.69) is 10.4 Å². The van der Waals surface area contributed by atoms with E-state index < -0.39 is 17.7 Å². The van der Waals surface area contributed by atoms with E-state index in [1.165, 1.54) is 0 Å². The van der Waals surface area contributed by atoms with Gasteiger partial charge in [0.1, 0.15) is 0 Å². The number of fused-ring (bicyclic) bond motifs is 1. The number of allylic oxidation sites excluding steroid dienone is 2. The van der Waals surface area contributed by atoms with Gasteiger partial charge in [0, 0.05) is 24.6 Å². The molecule has 0 bridgehead atoms. The summed E-state index contributed by atoms with van der Waals surface area (Å²) in [6.07, 6.45) is 0.115. The van der Waals surface area contributed by atoms with E-state index in [1.807, 2.05) is 13.0 Å². The molecule has 7 nitrogen and oxygen atoms in total. The fraction of sp³-hybridized carbons (Fsp3) is 0.529. The average Bonchev–Trinajstić information content (AvgIpc) is 3.04. The maximum absolute atomic E-state index is 13.0. The van der Waals surface area contributed by atoms with Crippen LogP contribution in [0.3, 0.4) is 0 Å². The Bertz CT molecular complexity index is 811. The zero-order valence-electron chi connectivity index (χ0n) is 15.2. The lowest BCUT2D eigenvalue weighted by atomic mass is 9.95. The summed E-state index contributed by atoms with van der Waals surface area (Å²) in [5.41, 5.74) is -1.07. The Labute approximate surface area is 154 Å². The van der Waals surface area contributed by atoms with Crippen molar-refractivity contribution in [3.05, 3.63) is 35.5 Å². The quantitative estimate of drug-likeness (QED) is 0.825. The molecule has 0 aromatic carbocycles. The predicted octanol–water partition coefficient (Wildman–Crippen LogP) is 1.57. The number of alkyl halides is 3. The van der Waals surface area contributed by atoms with Crippen LogP contribution in [0.5, 0.6) is 0 Å². The van der Waals surface area contributed by atoms with Crippen molar-refractivity contribution in [3.8, 4) is 0 Å². The van der Waals surface area contributed by atoms with Gasteiger partial charge in [0.2, 0.25) is 5.60 Å². The molecule has 2 aliphatic heterocycles. The molecule has 1 aromatic heterocycles. The summed E-state index contributed by atoms with van der Waals surface area (Å²) in [5, 5.41) is 17.1. The molecule has 2 aliphatic rings. The van der Waals surface area contributed by atoms with E-state index in [-0.39, 0.29) is 19.0 Å². The summed E-state index contributed by atoms with van der Waals surface area (Å²) in [7, 11) is 1.55. The molecular formula is C17H21F3N4O3. The van der Waals surface area contributed by atoms with Gasteiger partial charge in [-0.2, -0.15) is 18.3 Å². The van der Waals surface area contributed by atoms with Crippen LogP contribution >= 0.6 is 0 Å². The predicted molar refractivity (Wildman–Crippen MR) is 90.1 cm³/mol. The summed E-state index contributed by atoms with van der Waals surface area (Å²) < 4.78 is 45.8. The van der Waals surface area contributed by atoms with Gasteiger partial charge in [0.15, 0.2) is 5.88 Å². The van der Waals surface area contributed by atoms with Crippen LogP contribution in [0.25, 0.3) is 5.70 Å². The maximum atomic E-state index is 13.0. The van der Waals surface area contributed by atoms with Crippen molar-refractivity contribution in [1.82, 2.24) is 20.0 Å². The largest absolute Gasteiger partial charge is 0.483 e. The normalized spacial score (nSPS) is 22.2. The van der Waals surface area contributed by atoms with E-state index in [9.17, 15) is 23.1 Å². The zero-order valence-corrected chi connectivity index (χ0v) is 15.2. The average molecular weight is 386 g/mol. The van der Waals surface area contributed by atoms with Crippen LogP contribution in [0.15, 0.2) is 24.2 Å². The molecule has 0 unspecified atom stereocenters. The molecule has 0 fully saturated rings. The minimum absolute atomic E-state index is 0.0371. The molecule has 2 N–H and O–H groups in total. The number of ether oxygens (including phenoxy) is 1. The third-order valence-electron chi connectivity index (χ3n) is 4.83. The molecule has 0 radical (unpaired) electrons. The summed E-state index contributed by atoms with van der Waals surface area (Å²) in [6, 6.07) is 0. The number of amides is 1. The zero-order chi connectivity index (χ0) is 20.0. The number of nitrogens with one attached hydrogen (secondary N) is 1. The summed E-state index contributed by atoms with van der Waals surface area (Å²) >= 11 is 0. The van der Waals surface area contributed by atoms with Crippen LogP contribution in [-0.4, -0.2) is 57.7 Å².